The highest BCUT2D eigenvalue weighted by molar-refractivity contribution is 9.10. The summed E-state index contributed by atoms with van der Waals surface area (Å²) in [5.41, 5.74) is 4.60. The average Bonchev–Trinajstić information content (AvgIpc) is 2.71. The summed E-state index contributed by atoms with van der Waals surface area (Å²) < 4.78 is 2.50. The molecule has 0 aliphatic rings. The molecule has 17 heavy (non-hydrogen) atoms. The van der Waals surface area contributed by atoms with Gasteiger partial charge in [0, 0.05) is 11.5 Å². The van der Waals surface area contributed by atoms with E-state index in [9.17, 15) is 0 Å². The summed E-state index contributed by atoms with van der Waals surface area (Å²) in [7, 11) is 1.82. The maximum Gasteiger partial charge on any atom is 0.0895 e. The molecule has 1 heterocycles. The lowest BCUT2D eigenvalue weighted by molar-refractivity contribution is 0.570. The summed E-state index contributed by atoms with van der Waals surface area (Å²) in [6.07, 6.45) is 1.67. The van der Waals surface area contributed by atoms with Gasteiger partial charge in [-0.25, -0.2) is 5.43 Å². The number of hydrogen-bond acceptors (Lipinski definition) is 4. The number of rotatable bonds is 3. The second-order valence-corrected chi connectivity index (χ2v) is 4.82. The highest BCUT2D eigenvalue weighted by atomic mass is 79.9. The monoisotopic (exact) mass is 315 g/mol. The Bertz CT molecular complexity index is 527. The van der Waals surface area contributed by atoms with Crippen molar-refractivity contribution in [1.82, 2.24) is 20.4 Å². The first-order valence-electron chi connectivity index (χ1n) is 4.89. The molecule has 0 radical (unpaired) electrons. The Kier molecular flexibility index (Phi) is 3.78. The number of halogens is 2. The van der Waals surface area contributed by atoms with Gasteiger partial charge in [-0.1, -0.05) is 22.9 Å². The maximum atomic E-state index is 5.96. The Morgan fingerprint density at radius 3 is 2.82 bits per heavy atom. The molecule has 7 heteroatoms. The zero-order chi connectivity index (χ0) is 12.4. The second kappa shape index (κ2) is 5.14. The first-order valence-corrected chi connectivity index (χ1v) is 6.06. The van der Waals surface area contributed by atoms with Crippen molar-refractivity contribution < 1.29 is 0 Å². The molecule has 0 aliphatic carbocycles. The first kappa shape index (κ1) is 12.5. The molecule has 3 N–H and O–H groups in total. The quantitative estimate of drug-likeness (QED) is 0.669. The van der Waals surface area contributed by atoms with Crippen LogP contribution in [0.15, 0.2) is 28.9 Å². The van der Waals surface area contributed by atoms with E-state index in [0.717, 1.165) is 15.7 Å². The standard InChI is InChI=1S/C10H11BrClN5/c1-17-9(5-14-16-17)10(15-13)6-2-3-8(12)7(11)4-6/h2-5,10,15H,13H2,1H3. The van der Waals surface area contributed by atoms with Crippen LogP contribution in [-0.4, -0.2) is 15.0 Å². The highest BCUT2D eigenvalue weighted by Crippen LogP contribution is 2.28. The Balaban J connectivity index is 2.42. The molecule has 0 aliphatic heterocycles. The Morgan fingerprint density at radius 2 is 2.29 bits per heavy atom. The van der Waals surface area contributed by atoms with Crippen molar-refractivity contribution in [3.8, 4) is 0 Å². The van der Waals surface area contributed by atoms with Gasteiger partial charge in [-0.3, -0.25) is 10.5 Å². The number of aromatic nitrogens is 3. The van der Waals surface area contributed by atoms with Gasteiger partial charge in [0.1, 0.15) is 0 Å². The number of nitrogens with zero attached hydrogens (tertiary/aromatic N) is 3. The van der Waals surface area contributed by atoms with E-state index in [1.807, 2.05) is 25.2 Å². The zero-order valence-electron chi connectivity index (χ0n) is 9.06. The third kappa shape index (κ3) is 2.50. The zero-order valence-corrected chi connectivity index (χ0v) is 11.4. The predicted octanol–water partition coefficient (Wildman–Crippen LogP) is 1.78. The molecule has 0 saturated heterocycles. The van der Waals surface area contributed by atoms with Crippen LogP contribution in [0.4, 0.5) is 0 Å². The number of nitrogens with two attached hydrogens (primary N) is 1. The van der Waals surface area contributed by atoms with Crippen molar-refractivity contribution in [2.75, 3.05) is 0 Å². The lowest BCUT2D eigenvalue weighted by atomic mass is 10.1. The molecule has 1 aromatic carbocycles. The second-order valence-electron chi connectivity index (χ2n) is 3.56. The van der Waals surface area contributed by atoms with Crippen molar-refractivity contribution in [3.63, 3.8) is 0 Å². The maximum absolute atomic E-state index is 5.96. The van der Waals surface area contributed by atoms with E-state index in [0.29, 0.717) is 5.02 Å². The number of nitrogens with one attached hydrogen (secondary N) is 1. The van der Waals surface area contributed by atoms with E-state index in [4.69, 9.17) is 17.4 Å². The Hall–Kier alpha value is -0.950. The number of hydrazine groups is 1. The smallest absolute Gasteiger partial charge is 0.0895 e. The van der Waals surface area contributed by atoms with Gasteiger partial charge in [0.25, 0.3) is 0 Å². The molecule has 1 unspecified atom stereocenters. The lowest BCUT2D eigenvalue weighted by Gasteiger charge is -2.16. The fraction of sp³-hybridized carbons (Fsp3) is 0.200. The molecule has 0 bridgehead atoms. The summed E-state index contributed by atoms with van der Waals surface area (Å²) in [6.45, 7) is 0. The topological polar surface area (TPSA) is 68.8 Å². The first-order chi connectivity index (χ1) is 8.13. The van der Waals surface area contributed by atoms with Gasteiger partial charge in [0.05, 0.1) is 23.0 Å². The Morgan fingerprint density at radius 1 is 1.53 bits per heavy atom. The normalized spacial score (nSPS) is 12.7. The predicted molar refractivity (Wildman–Crippen MR) is 69.3 cm³/mol. The Labute approximate surface area is 112 Å². The number of hydrogen-bond donors (Lipinski definition) is 2. The minimum atomic E-state index is -0.177. The van der Waals surface area contributed by atoms with Crippen LogP contribution in [0.25, 0.3) is 0 Å². The van der Waals surface area contributed by atoms with Crippen LogP contribution in [-0.2, 0) is 7.05 Å². The van der Waals surface area contributed by atoms with Crippen molar-refractivity contribution in [2.45, 2.75) is 6.04 Å². The molecule has 0 amide bonds. The molecule has 1 atom stereocenters. The number of benzene rings is 1. The SMILES string of the molecule is Cn1nncc1C(NN)c1ccc(Cl)c(Br)c1. The third-order valence-corrected chi connectivity index (χ3v) is 3.70. The van der Waals surface area contributed by atoms with Gasteiger partial charge >= 0.3 is 0 Å². The molecule has 0 fully saturated rings. The van der Waals surface area contributed by atoms with Crippen LogP contribution in [0.1, 0.15) is 17.3 Å². The van der Waals surface area contributed by atoms with Crippen molar-refractivity contribution in [2.24, 2.45) is 12.9 Å². The molecular formula is C10H11BrClN5. The lowest BCUT2D eigenvalue weighted by Crippen LogP contribution is -2.30. The fourth-order valence-electron chi connectivity index (χ4n) is 1.60. The van der Waals surface area contributed by atoms with Gasteiger partial charge in [-0.2, -0.15) is 0 Å². The summed E-state index contributed by atoms with van der Waals surface area (Å²) >= 11 is 9.34. The van der Waals surface area contributed by atoms with Crippen LogP contribution in [0.3, 0.4) is 0 Å². The summed E-state index contributed by atoms with van der Waals surface area (Å²) in [4.78, 5) is 0. The van der Waals surface area contributed by atoms with Crippen molar-refractivity contribution >= 4 is 27.5 Å². The highest BCUT2D eigenvalue weighted by Gasteiger charge is 2.17. The molecule has 1 aromatic heterocycles. The van der Waals surface area contributed by atoms with Crippen LogP contribution < -0.4 is 11.3 Å². The van der Waals surface area contributed by atoms with E-state index < -0.39 is 0 Å². The fourth-order valence-corrected chi connectivity index (χ4v) is 2.12. The molecule has 5 nitrogen and oxygen atoms in total. The van der Waals surface area contributed by atoms with Crippen LogP contribution >= 0.6 is 27.5 Å². The molecule has 2 aromatic rings. The molecule has 90 valence electrons. The van der Waals surface area contributed by atoms with E-state index in [-0.39, 0.29) is 6.04 Å². The van der Waals surface area contributed by atoms with Gasteiger partial charge in [0.15, 0.2) is 0 Å². The van der Waals surface area contributed by atoms with E-state index in [1.165, 1.54) is 0 Å². The van der Waals surface area contributed by atoms with Gasteiger partial charge in [-0.05, 0) is 33.6 Å². The van der Waals surface area contributed by atoms with E-state index >= 15 is 0 Å². The van der Waals surface area contributed by atoms with Gasteiger partial charge in [0.2, 0.25) is 0 Å². The van der Waals surface area contributed by atoms with Crippen LogP contribution in [0.5, 0.6) is 0 Å². The third-order valence-electron chi connectivity index (χ3n) is 2.49. The largest absolute Gasteiger partial charge is 0.271 e. The van der Waals surface area contributed by atoms with Gasteiger partial charge < -0.3 is 0 Å². The van der Waals surface area contributed by atoms with Crippen LogP contribution in [0.2, 0.25) is 5.02 Å². The van der Waals surface area contributed by atoms with Gasteiger partial charge in [-0.15, -0.1) is 5.10 Å². The molecule has 0 spiro atoms. The molecular weight excluding hydrogens is 306 g/mol. The van der Waals surface area contributed by atoms with E-state index in [2.05, 4.69) is 31.7 Å². The molecule has 2 rings (SSSR count). The van der Waals surface area contributed by atoms with Crippen molar-refractivity contribution in [1.29, 1.82) is 0 Å². The summed E-state index contributed by atoms with van der Waals surface area (Å²) in [5, 5.41) is 8.38. The average molecular weight is 317 g/mol. The van der Waals surface area contributed by atoms with Crippen molar-refractivity contribution in [3.05, 3.63) is 45.1 Å². The van der Waals surface area contributed by atoms with Crippen LogP contribution in [0, 0.1) is 0 Å². The van der Waals surface area contributed by atoms with E-state index in [1.54, 1.807) is 10.9 Å². The molecule has 0 saturated carbocycles. The minimum absolute atomic E-state index is 0.177. The minimum Gasteiger partial charge on any atom is -0.271 e. The summed E-state index contributed by atoms with van der Waals surface area (Å²) in [5.74, 6) is 5.59. The summed E-state index contributed by atoms with van der Waals surface area (Å²) in [6, 6.07) is 5.46. The number of aryl methyl sites for hydroxylation is 1.